The Bertz CT molecular complexity index is 579. The van der Waals surface area contributed by atoms with Crippen LogP contribution in [-0.4, -0.2) is 41.1 Å². The van der Waals surface area contributed by atoms with Crippen LogP contribution in [0.2, 0.25) is 0 Å². The quantitative estimate of drug-likeness (QED) is 0.847. The van der Waals surface area contributed by atoms with E-state index in [9.17, 15) is 8.42 Å². The molecule has 0 radical (unpaired) electrons. The number of methoxy groups -OCH3 is 2. The van der Waals surface area contributed by atoms with Crippen LogP contribution < -0.4 is 0 Å². The first kappa shape index (κ1) is 15.2. The fraction of sp³-hybridized carbons (Fsp3) is 0.429. The lowest BCUT2D eigenvalue weighted by atomic mass is 10.2. The summed E-state index contributed by atoms with van der Waals surface area (Å²) in [7, 11) is -0.728. The van der Waals surface area contributed by atoms with E-state index in [-0.39, 0.29) is 15.9 Å². The summed E-state index contributed by atoms with van der Waals surface area (Å²) in [4.78, 5) is 0.411. The second kappa shape index (κ2) is 6.05. The first-order chi connectivity index (χ1) is 9.50. The van der Waals surface area contributed by atoms with E-state index in [1.54, 1.807) is 43.3 Å². The standard InChI is InChI=1S/C14H18O5S/c1-10-9-12(13(17-2)14(18-3)19-10)20(15,16)11-7-5-4-6-8-11/h4-10,13-14H,1-3H3/t10-,13+,14+/m0/s1. The molecule has 0 saturated carbocycles. The van der Waals surface area contributed by atoms with E-state index >= 15 is 0 Å². The van der Waals surface area contributed by atoms with Crippen LogP contribution >= 0.6 is 0 Å². The van der Waals surface area contributed by atoms with Gasteiger partial charge in [-0.2, -0.15) is 0 Å². The summed E-state index contributed by atoms with van der Waals surface area (Å²) in [6, 6.07) is 8.26. The van der Waals surface area contributed by atoms with Gasteiger partial charge >= 0.3 is 0 Å². The van der Waals surface area contributed by atoms with Gasteiger partial charge in [0.1, 0.15) is 6.10 Å². The molecule has 0 unspecified atom stereocenters. The summed E-state index contributed by atoms with van der Waals surface area (Å²) in [5, 5.41) is 0. The zero-order chi connectivity index (χ0) is 14.8. The molecule has 0 N–H and O–H groups in total. The average Bonchev–Trinajstić information content (AvgIpc) is 2.47. The molecule has 0 bridgehead atoms. The molecule has 1 aliphatic heterocycles. The predicted octanol–water partition coefficient (Wildman–Crippen LogP) is 1.75. The predicted molar refractivity (Wildman–Crippen MR) is 73.9 cm³/mol. The van der Waals surface area contributed by atoms with Gasteiger partial charge in [-0.1, -0.05) is 18.2 Å². The maximum absolute atomic E-state index is 12.7. The minimum absolute atomic E-state index is 0.178. The van der Waals surface area contributed by atoms with Gasteiger partial charge in [-0.3, -0.25) is 0 Å². The lowest BCUT2D eigenvalue weighted by molar-refractivity contribution is -0.194. The highest BCUT2D eigenvalue weighted by atomic mass is 32.2. The largest absolute Gasteiger partial charge is 0.371 e. The van der Waals surface area contributed by atoms with E-state index in [2.05, 4.69) is 0 Å². The van der Waals surface area contributed by atoms with Crippen LogP contribution in [0.25, 0.3) is 0 Å². The highest BCUT2D eigenvalue weighted by Gasteiger charge is 2.38. The second-order valence-electron chi connectivity index (χ2n) is 4.49. The Morgan fingerprint density at radius 3 is 2.30 bits per heavy atom. The van der Waals surface area contributed by atoms with Crippen LogP contribution in [0, 0.1) is 0 Å². The SMILES string of the molecule is CO[C@@H]1O[C@@H](C)C=C(S(=O)(=O)c2ccccc2)[C@H]1OC. The Kier molecular flexibility index (Phi) is 4.59. The molecule has 0 spiro atoms. The fourth-order valence-electron chi connectivity index (χ4n) is 2.17. The number of sulfone groups is 1. The molecule has 1 aliphatic rings. The molecule has 1 heterocycles. The molecule has 0 aromatic heterocycles. The first-order valence-corrected chi connectivity index (χ1v) is 7.72. The zero-order valence-electron chi connectivity index (χ0n) is 11.6. The maximum Gasteiger partial charge on any atom is 0.205 e. The van der Waals surface area contributed by atoms with Gasteiger partial charge in [-0.25, -0.2) is 8.42 Å². The van der Waals surface area contributed by atoms with Gasteiger partial charge in [0.25, 0.3) is 0 Å². The third-order valence-corrected chi connectivity index (χ3v) is 5.01. The van der Waals surface area contributed by atoms with E-state index in [0.717, 1.165) is 0 Å². The Morgan fingerprint density at radius 2 is 1.75 bits per heavy atom. The average molecular weight is 298 g/mol. The van der Waals surface area contributed by atoms with Gasteiger partial charge in [0.05, 0.1) is 15.9 Å². The van der Waals surface area contributed by atoms with Gasteiger partial charge in [0.15, 0.2) is 6.29 Å². The van der Waals surface area contributed by atoms with Crippen molar-refractivity contribution in [3.8, 4) is 0 Å². The molecule has 0 amide bonds. The Hall–Kier alpha value is -1.21. The van der Waals surface area contributed by atoms with Crippen LogP contribution in [0.5, 0.6) is 0 Å². The normalized spacial score (nSPS) is 27.1. The number of ether oxygens (including phenoxy) is 3. The van der Waals surface area contributed by atoms with Crippen LogP contribution in [0.15, 0.2) is 46.2 Å². The van der Waals surface area contributed by atoms with Gasteiger partial charge in [-0.15, -0.1) is 0 Å². The third kappa shape index (κ3) is 2.78. The molecule has 5 nitrogen and oxygen atoms in total. The molecular formula is C14H18O5S. The van der Waals surface area contributed by atoms with Crippen LogP contribution in [-0.2, 0) is 24.0 Å². The van der Waals surface area contributed by atoms with E-state index in [0.29, 0.717) is 0 Å². The minimum Gasteiger partial charge on any atom is -0.371 e. The molecule has 6 heteroatoms. The van der Waals surface area contributed by atoms with Crippen molar-refractivity contribution in [2.75, 3.05) is 14.2 Å². The molecule has 3 atom stereocenters. The van der Waals surface area contributed by atoms with Crippen molar-refractivity contribution >= 4 is 9.84 Å². The van der Waals surface area contributed by atoms with Gasteiger partial charge in [0.2, 0.25) is 9.84 Å². The van der Waals surface area contributed by atoms with E-state index in [1.807, 2.05) is 0 Å². The smallest absolute Gasteiger partial charge is 0.205 e. The van der Waals surface area contributed by atoms with Crippen molar-refractivity contribution in [3.63, 3.8) is 0 Å². The first-order valence-electron chi connectivity index (χ1n) is 6.23. The summed E-state index contributed by atoms with van der Waals surface area (Å²) < 4.78 is 41.4. The summed E-state index contributed by atoms with van der Waals surface area (Å²) in [5.74, 6) is 0. The maximum atomic E-state index is 12.7. The highest BCUT2D eigenvalue weighted by molar-refractivity contribution is 7.95. The van der Waals surface area contributed by atoms with E-state index < -0.39 is 22.2 Å². The van der Waals surface area contributed by atoms with Crippen molar-refractivity contribution in [3.05, 3.63) is 41.3 Å². The summed E-state index contributed by atoms with van der Waals surface area (Å²) in [6.07, 6.45) is -0.318. The molecule has 20 heavy (non-hydrogen) atoms. The lowest BCUT2D eigenvalue weighted by Crippen LogP contribution is -2.42. The van der Waals surface area contributed by atoms with E-state index in [4.69, 9.17) is 14.2 Å². The second-order valence-corrected chi connectivity index (χ2v) is 6.44. The van der Waals surface area contributed by atoms with Crippen LogP contribution in [0.4, 0.5) is 0 Å². The van der Waals surface area contributed by atoms with Crippen molar-refractivity contribution in [1.82, 2.24) is 0 Å². The zero-order valence-corrected chi connectivity index (χ0v) is 12.5. The Labute approximate surface area is 119 Å². The minimum atomic E-state index is -3.62. The van der Waals surface area contributed by atoms with Crippen molar-refractivity contribution in [2.45, 2.75) is 30.3 Å². The van der Waals surface area contributed by atoms with Crippen LogP contribution in [0.3, 0.4) is 0 Å². The number of hydrogen-bond acceptors (Lipinski definition) is 5. The number of hydrogen-bond donors (Lipinski definition) is 0. The van der Waals surface area contributed by atoms with Crippen molar-refractivity contribution in [2.24, 2.45) is 0 Å². The molecule has 2 rings (SSSR count). The molecule has 1 aromatic carbocycles. The third-order valence-electron chi connectivity index (χ3n) is 3.13. The molecule has 1 aromatic rings. The molecule has 0 aliphatic carbocycles. The number of benzene rings is 1. The molecular weight excluding hydrogens is 280 g/mol. The monoisotopic (exact) mass is 298 g/mol. The fourth-order valence-corrected chi connectivity index (χ4v) is 3.84. The van der Waals surface area contributed by atoms with Crippen molar-refractivity contribution in [1.29, 1.82) is 0 Å². The summed E-state index contributed by atoms with van der Waals surface area (Å²) in [5.41, 5.74) is 0. The molecule has 0 fully saturated rings. The van der Waals surface area contributed by atoms with Gasteiger partial charge in [-0.05, 0) is 25.1 Å². The van der Waals surface area contributed by atoms with Gasteiger partial charge in [0, 0.05) is 14.2 Å². The van der Waals surface area contributed by atoms with Gasteiger partial charge < -0.3 is 14.2 Å². The Morgan fingerprint density at radius 1 is 1.10 bits per heavy atom. The van der Waals surface area contributed by atoms with E-state index in [1.165, 1.54) is 14.2 Å². The summed E-state index contributed by atoms with van der Waals surface area (Å²) >= 11 is 0. The van der Waals surface area contributed by atoms with Crippen LogP contribution in [0.1, 0.15) is 6.92 Å². The molecule has 0 saturated heterocycles. The molecule has 110 valence electrons. The number of rotatable bonds is 4. The Balaban J connectivity index is 2.48. The lowest BCUT2D eigenvalue weighted by Gasteiger charge is -2.33. The summed E-state index contributed by atoms with van der Waals surface area (Å²) in [6.45, 7) is 1.76. The van der Waals surface area contributed by atoms with Crippen molar-refractivity contribution < 1.29 is 22.6 Å². The topological polar surface area (TPSA) is 61.8 Å². The highest BCUT2D eigenvalue weighted by Crippen LogP contribution is 2.30.